The first-order chi connectivity index (χ1) is 20.0. The van der Waals surface area contributed by atoms with Crippen LogP contribution >= 0.6 is 0 Å². The number of rotatable bonds is 0. The molecule has 4 aromatic carbocycles. The van der Waals surface area contributed by atoms with E-state index in [1.807, 2.05) is 0 Å². The minimum Gasteiger partial charge on any atom is -0.267 e. The number of nitrogens with zero attached hydrogens (tertiary/aromatic N) is 2. The van der Waals surface area contributed by atoms with Gasteiger partial charge in [-0.3, -0.25) is 9.80 Å². The average Bonchev–Trinajstić information content (AvgIpc) is 2.96. The van der Waals surface area contributed by atoms with Gasteiger partial charge < -0.3 is 0 Å². The summed E-state index contributed by atoms with van der Waals surface area (Å²) in [6.45, 7) is 18.5. The SMILES string of the molecule is CC1=C(C)N2C(=O)N3C(C)=C(C)B4c5ccccc5C(C)(C)c5cc6cc7c(c2c6c3c54)B1c1ccccc1C7(C)C. The van der Waals surface area contributed by atoms with Gasteiger partial charge in [0.2, 0.25) is 13.4 Å². The Labute approximate surface area is 249 Å². The molecule has 0 unspecified atom stereocenters. The van der Waals surface area contributed by atoms with E-state index < -0.39 is 0 Å². The summed E-state index contributed by atoms with van der Waals surface area (Å²) in [5, 5.41) is 2.49. The first-order valence-electron chi connectivity index (χ1n) is 15.3. The van der Waals surface area contributed by atoms with Crippen LogP contribution in [0.5, 0.6) is 0 Å². The van der Waals surface area contributed by atoms with Crippen LogP contribution < -0.4 is 31.7 Å². The monoisotopic (exact) mass is 544 g/mol. The fourth-order valence-electron chi connectivity index (χ4n) is 9.47. The normalized spacial score (nSPS) is 20.0. The third-order valence-electron chi connectivity index (χ3n) is 11.8. The van der Waals surface area contributed by atoms with E-state index in [9.17, 15) is 4.79 Å². The number of amides is 2. The van der Waals surface area contributed by atoms with Crippen LogP contribution in [0.15, 0.2) is 83.0 Å². The van der Waals surface area contributed by atoms with Gasteiger partial charge in [-0.15, -0.1) is 0 Å². The van der Waals surface area contributed by atoms with Gasteiger partial charge >= 0.3 is 6.03 Å². The molecule has 0 aromatic heterocycles. The quantitative estimate of drug-likeness (QED) is 0.258. The zero-order valence-corrected chi connectivity index (χ0v) is 25.7. The molecule has 0 spiro atoms. The van der Waals surface area contributed by atoms with E-state index in [1.54, 1.807) is 0 Å². The maximum atomic E-state index is 14.9. The molecular formula is C37H34B2N2O. The van der Waals surface area contributed by atoms with Gasteiger partial charge in [0.15, 0.2) is 0 Å². The lowest BCUT2D eigenvalue weighted by Crippen LogP contribution is -2.64. The molecule has 2 amide bonds. The summed E-state index contributed by atoms with van der Waals surface area (Å²) in [6.07, 6.45) is 0. The fraction of sp³-hybridized carbons (Fsp3) is 0.270. The van der Waals surface area contributed by atoms with Crippen molar-refractivity contribution in [3.63, 3.8) is 0 Å². The number of anilines is 2. The largest absolute Gasteiger partial charge is 0.337 e. The molecule has 4 aromatic rings. The summed E-state index contributed by atoms with van der Waals surface area (Å²) in [7, 11) is 0. The number of fused-ring (bicyclic) bond motifs is 4. The molecule has 0 bridgehead atoms. The number of carbonyl (C=O) groups excluding carboxylic acids is 1. The van der Waals surface area contributed by atoms with E-state index in [0.717, 1.165) is 22.8 Å². The van der Waals surface area contributed by atoms with Crippen molar-refractivity contribution >= 4 is 63.5 Å². The van der Waals surface area contributed by atoms with Gasteiger partial charge in [-0.25, -0.2) is 4.79 Å². The predicted octanol–water partition coefficient (Wildman–Crippen LogP) is 5.78. The fourth-order valence-corrected chi connectivity index (χ4v) is 9.47. The Balaban J connectivity index is 1.52. The van der Waals surface area contributed by atoms with Gasteiger partial charge in [0, 0.05) is 27.6 Å². The van der Waals surface area contributed by atoms with Crippen LogP contribution in [-0.2, 0) is 10.8 Å². The molecule has 204 valence electrons. The molecule has 0 saturated heterocycles. The maximum Gasteiger partial charge on any atom is 0.337 e. The molecule has 0 atom stereocenters. The Morgan fingerprint density at radius 2 is 1.00 bits per heavy atom. The number of allylic oxidation sites excluding steroid dienone is 4. The summed E-state index contributed by atoms with van der Waals surface area (Å²) in [4.78, 5) is 19.1. The standard InChI is InChI=1S/C37H34B2N2O/c1-19-21(3)40-33-30-23(17-26-31(33)38(19)28-15-11-9-13-24(28)36(26,5)6)18-27-32-34(30)41(35(40)42)22(4)20(2)39(32)29-16-12-10-14-25(29)37(27,7)8/h9-18H,1-8H3. The van der Waals surface area contributed by atoms with Crippen molar-refractivity contribution in [1.82, 2.24) is 0 Å². The third kappa shape index (κ3) is 2.46. The van der Waals surface area contributed by atoms with Gasteiger partial charge in [0.05, 0.1) is 11.4 Å². The number of benzene rings is 4. The van der Waals surface area contributed by atoms with Crippen molar-refractivity contribution < 1.29 is 4.79 Å². The average molecular weight is 544 g/mol. The number of carbonyl (C=O) groups is 1. The highest BCUT2D eigenvalue weighted by Gasteiger charge is 2.53. The van der Waals surface area contributed by atoms with E-state index >= 15 is 0 Å². The molecule has 3 nitrogen and oxygen atoms in total. The van der Waals surface area contributed by atoms with Gasteiger partial charge in [-0.2, -0.15) is 0 Å². The smallest absolute Gasteiger partial charge is 0.267 e. The van der Waals surface area contributed by atoms with E-state index in [1.165, 1.54) is 65.8 Å². The number of urea groups is 1. The highest BCUT2D eigenvalue weighted by molar-refractivity contribution is 6.95. The van der Waals surface area contributed by atoms with Crippen LogP contribution in [-0.4, -0.2) is 19.5 Å². The summed E-state index contributed by atoms with van der Waals surface area (Å²) in [6, 6.07) is 23.0. The van der Waals surface area contributed by atoms with Crippen LogP contribution in [0.2, 0.25) is 0 Å². The Bertz CT molecular complexity index is 1940. The molecule has 9 rings (SSSR count). The minimum absolute atomic E-state index is 0.0597. The van der Waals surface area contributed by atoms with E-state index in [-0.39, 0.29) is 30.3 Å². The van der Waals surface area contributed by atoms with Crippen molar-refractivity contribution in [1.29, 1.82) is 0 Å². The number of hydrogen-bond donors (Lipinski definition) is 0. The first kappa shape index (κ1) is 24.6. The zero-order chi connectivity index (χ0) is 29.2. The minimum atomic E-state index is -0.186. The molecule has 5 aliphatic rings. The van der Waals surface area contributed by atoms with Crippen molar-refractivity contribution in [3.05, 3.63) is 105 Å². The van der Waals surface area contributed by atoms with Gasteiger partial charge in [-0.1, -0.05) is 110 Å². The number of hydrogen-bond acceptors (Lipinski definition) is 1. The van der Waals surface area contributed by atoms with E-state index in [2.05, 4.69) is 126 Å². The molecule has 5 heteroatoms. The lowest BCUT2D eigenvalue weighted by atomic mass is 9.29. The van der Waals surface area contributed by atoms with Gasteiger partial charge in [-0.05, 0) is 66.3 Å². The second-order valence-electron chi connectivity index (χ2n) is 14.3. The van der Waals surface area contributed by atoms with Crippen LogP contribution in [0, 0.1) is 0 Å². The lowest BCUT2D eigenvalue weighted by molar-refractivity contribution is 0.254. The molecule has 5 heterocycles. The van der Waals surface area contributed by atoms with Crippen LogP contribution in [0.3, 0.4) is 0 Å². The molecule has 0 N–H and O–H groups in total. The molecule has 0 radical (unpaired) electrons. The maximum absolute atomic E-state index is 14.9. The van der Waals surface area contributed by atoms with Gasteiger partial charge in [0.25, 0.3) is 0 Å². The van der Waals surface area contributed by atoms with Crippen LogP contribution in [0.25, 0.3) is 10.8 Å². The highest BCUT2D eigenvalue weighted by Crippen LogP contribution is 2.52. The zero-order valence-electron chi connectivity index (χ0n) is 25.7. The molecule has 0 saturated carbocycles. The summed E-state index contributed by atoms with van der Waals surface area (Å²) >= 11 is 0. The summed E-state index contributed by atoms with van der Waals surface area (Å²) in [5.74, 6) is 0. The topological polar surface area (TPSA) is 23.6 Å². The van der Waals surface area contributed by atoms with Gasteiger partial charge in [0.1, 0.15) is 0 Å². The van der Waals surface area contributed by atoms with Crippen LogP contribution in [0.1, 0.15) is 77.6 Å². The summed E-state index contributed by atoms with van der Waals surface area (Å²) < 4.78 is 0. The van der Waals surface area contributed by atoms with Crippen molar-refractivity contribution in [2.75, 3.05) is 9.80 Å². The summed E-state index contributed by atoms with van der Waals surface area (Å²) in [5.41, 5.74) is 17.4. The Morgan fingerprint density at radius 1 is 0.595 bits per heavy atom. The predicted molar refractivity (Wildman–Crippen MR) is 178 cm³/mol. The van der Waals surface area contributed by atoms with Crippen molar-refractivity contribution in [3.8, 4) is 0 Å². The van der Waals surface area contributed by atoms with E-state index in [0.29, 0.717) is 0 Å². The molecule has 5 aliphatic heterocycles. The second kappa shape index (κ2) is 7.32. The van der Waals surface area contributed by atoms with Crippen molar-refractivity contribution in [2.45, 2.75) is 66.2 Å². The third-order valence-corrected chi connectivity index (χ3v) is 11.8. The molecule has 42 heavy (non-hydrogen) atoms. The Kier molecular flexibility index (Phi) is 4.29. The Morgan fingerprint density at radius 3 is 1.43 bits per heavy atom. The van der Waals surface area contributed by atoms with Crippen molar-refractivity contribution in [2.24, 2.45) is 0 Å². The molecule has 0 aliphatic carbocycles. The van der Waals surface area contributed by atoms with Crippen LogP contribution in [0.4, 0.5) is 16.2 Å². The second-order valence-corrected chi connectivity index (χ2v) is 14.3. The molecule has 0 fully saturated rings. The highest BCUT2D eigenvalue weighted by atomic mass is 16.2. The lowest BCUT2D eigenvalue weighted by Gasteiger charge is -2.52. The first-order valence-corrected chi connectivity index (χ1v) is 15.3. The molecular weight excluding hydrogens is 510 g/mol. The van der Waals surface area contributed by atoms with E-state index in [4.69, 9.17) is 0 Å². The Hall–Kier alpha value is -3.98.